The summed E-state index contributed by atoms with van der Waals surface area (Å²) in [7, 11) is 2.01. The molecule has 1 fully saturated rings. The van der Waals surface area contributed by atoms with E-state index in [9.17, 15) is 10.1 Å². The van der Waals surface area contributed by atoms with E-state index in [2.05, 4.69) is 20.6 Å². The average molecular weight is 369 g/mol. The van der Waals surface area contributed by atoms with Crippen molar-refractivity contribution in [3.63, 3.8) is 0 Å². The number of halogens is 1. The molecule has 24 heavy (non-hydrogen) atoms. The molecule has 130 valence electrons. The minimum atomic E-state index is -0.371. The number of hydrogen-bond acceptors (Lipinski definition) is 6. The lowest BCUT2D eigenvalue weighted by atomic mass is 10.1. The van der Waals surface area contributed by atoms with Gasteiger partial charge in [0.1, 0.15) is 5.01 Å². The quantitative estimate of drug-likeness (QED) is 0.647. The number of likely N-dealkylation sites (tertiary alicyclic amines) is 1. The Morgan fingerprint density at radius 3 is 3.08 bits per heavy atom. The first kappa shape index (κ1) is 18.8. The number of piperidine rings is 1. The van der Waals surface area contributed by atoms with E-state index < -0.39 is 0 Å². The SMILES string of the molecule is CNC1CCCN(Cc2csc(-c3cccc([N+](=O)[O-])c3)n2)C1.Cl. The van der Waals surface area contributed by atoms with E-state index in [1.165, 1.54) is 18.9 Å². The first-order valence-electron chi connectivity index (χ1n) is 7.74. The molecule has 0 saturated carbocycles. The molecule has 6 nitrogen and oxygen atoms in total. The van der Waals surface area contributed by atoms with Gasteiger partial charge in [-0.15, -0.1) is 23.7 Å². The number of hydrogen-bond donors (Lipinski definition) is 1. The van der Waals surface area contributed by atoms with Crippen LogP contribution in [-0.2, 0) is 6.54 Å². The highest BCUT2D eigenvalue weighted by molar-refractivity contribution is 7.13. The summed E-state index contributed by atoms with van der Waals surface area (Å²) >= 11 is 1.54. The van der Waals surface area contributed by atoms with Crippen LogP contribution >= 0.6 is 23.7 Å². The monoisotopic (exact) mass is 368 g/mol. The van der Waals surface area contributed by atoms with Gasteiger partial charge in [0.25, 0.3) is 5.69 Å². The Hall–Kier alpha value is -1.54. The Balaban J connectivity index is 0.00000208. The largest absolute Gasteiger partial charge is 0.316 e. The number of thiazole rings is 1. The van der Waals surface area contributed by atoms with Crippen LogP contribution < -0.4 is 5.32 Å². The standard InChI is InChI=1S/C16H20N4O2S.ClH/c1-17-13-5-3-7-19(9-13)10-14-11-23-16(18-14)12-4-2-6-15(8-12)20(21)22;/h2,4,6,8,11,13,17H,3,5,7,9-10H2,1H3;1H. The molecule has 2 aromatic rings. The fourth-order valence-corrected chi connectivity index (χ4v) is 3.74. The van der Waals surface area contributed by atoms with Gasteiger partial charge in [-0.3, -0.25) is 15.0 Å². The summed E-state index contributed by atoms with van der Waals surface area (Å²) in [5, 5.41) is 17.1. The third-order valence-electron chi connectivity index (χ3n) is 4.16. The van der Waals surface area contributed by atoms with E-state index in [1.54, 1.807) is 23.5 Å². The maximum atomic E-state index is 10.9. The summed E-state index contributed by atoms with van der Waals surface area (Å²) in [5.41, 5.74) is 1.95. The van der Waals surface area contributed by atoms with Gasteiger partial charge < -0.3 is 5.32 Å². The fourth-order valence-electron chi connectivity index (χ4n) is 2.93. The van der Waals surface area contributed by atoms with Crippen molar-refractivity contribution in [2.24, 2.45) is 0 Å². The van der Waals surface area contributed by atoms with Crippen molar-refractivity contribution in [2.75, 3.05) is 20.1 Å². The lowest BCUT2D eigenvalue weighted by Crippen LogP contribution is -2.43. The molecule has 0 amide bonds. The average Bonchev–Trinajstić information content (AvgIpc) is 3.03. The van der Waals surface area contributed by atoms with Crippen LogP contribution in [0.3, 0.4) is 0 Å². The zero-order valence-electron chi connectivity index (χ0n) is 13.5. The lowest BCUT2D eigenvalue weighted by Gasteiger charge is -2.31. The molecule has 1 aliphatic rings. The molecular formula is C16H21ClN4O2S. The number of nitro groups is 1. The molecule has 1 aromatic heterocycles. The van der Waals surface area contributed by atoms with Gasteiger partial charge in [-0.25, -0.2) is 4.98 Å². The van der Waals surface area contributed by atoms with E-state index in [1.807, 2.05) is 13.1 Å². The molecule has 0 aliphatic carbocycles. The first-order chi connectivity index (χ1) is 11.2. The molecule has 1 N–H and O–H groups in total. The molecule has 1 atom stereocenters. The normalized spacial score (nSPS) is 18.1. The summed E-state index contributed by atoms with van der Waals surface area (Å²) in [6, 6.07) is 7.22. The van der Waals surface area contributed by atoms with Crippen molar-refractivity contribution in [1.82, 2.24) is 15.2 Å². The third kappa shape index (κ3) is 4.51. The smallest absolute Gasteiger partial charge is 0.270 e. The van der Waals surface area contributed by atoms with Crippen LogP contribution in [0.2, 0.25) is 0 Å². The number of nitrogens with one attached hydrogen (secondary N) is 1. The van der Waals surface area contributed by atoms with Crippen molar-refractivity contribution >= 4 is 29.4 Å². The Labute approximate surface area is 151 Å². The van der Waals surface area contributed by atoms with Gasteiger partial charge in [0.15, 0.2) is 0 Å². The van der Waals surface area contributed by atoms with E-state index in [-0.39, 0.29) is 23.0 Å². The summed E-state index contributed by atoms with van der Waals surface area (Å²) < 4.78 is 0. The molecule has 2 heterocycles. The van der Waals surface area contributed by atoms with Gasteiger partial charge in [-0.1, -0.05) is 12.1 Å². The molecule has 0 radical (unpaired) electrons. The second kappa shape index (κ2) is 8.53. The highest BCUT2D eigenvalue weighted by Gasteiger charge is 2.19. The van der Waals surface area contributed by atoms with Crippen LogP contribution in [0.4, 0.5) is 5.69 Å². The Morgan fingerprint density at radius 1 is 1.50 bits per heavy atom. The van der Waals surface area contributed by atoms with Gasteiger partial charge in [0.2, 0.25) is 0 Å². The van der Waals surface area contributed by atoms with Crippen LogP contribution in [0.1, 0.15) is 18.5 Å². The second-order valence-corrected chi connectivity index (χ2v) is 6.67. The van der Waals surface area contributed by atoms with Crippen LogP contribution in [0.5, 0.6) is 0 Å². The van der Waals surface area contributed by atoms with Crippen molar-refractivity contribution in [1.29, 1.82) is 0 Å². The predicted octanol–water partition coefficient (Wildman–Crippen LogP) is 3.32. The van der Waals surface area contributed by atoms with Crippen LogP contribution in [-0.4, -0.2) is 41.0 Å². The zero-order chi connectivity index (χ0) is 16.2. The molecular weight excluding hydrogens is 348 g/mol. The Kier molecular flexibility index (Phi) is 6.68. The zero-order valence-corrected chi connectivity index (χ0v) is 15.1. The molecule has 1 aromatic carbocycles. The van der Waals surface area contributed by atoms with Crippen molar-refractivity contribution in [2.45, 2.75) is 25.4 Å². The number of non-ortho nitro benzene ring substituents is 1. The maximum Gasteiger partial charge on any atom is 0.270 e. The second-order valence-electron chi connectivity index (χ2n) is 5.81. The van der Waals surface area contributed by atoms with Gasteiger partial charge >= 0.3 is 0 Å². The Morgan fingerprint density at radius 2 is 2.33 bits per heavy atom. The molecule has 0 bridgehead atoms. The molecule has 3 rings (SSSR count). The van der Waals surface area contributed by atoms with E-state index >= 15 is 0 Å². The van der Waals surface area contributed by atoms with Gasteiger partial charge in [-0.2, -0.15) is 0 Å². The van der Waals surface area contributed by atoms with Crippen LogP contribution in [0, 0.1) is 10.1 Å². The number of likely N-dealkylation sites (N-methyl/N-ethyl adjacent to an activating group) is 1. The van der Waals surface area contributed by atoms with Crippen molar-refractivity contribution in [3.8, 4) is 10.6 Å². The highest BCUT2D eigenvalue weighted by atomic mass is 35.5. The van der Waals surface area contributed by atoms with Crippen molar-refractivity contribution in [3.05, 3.63) is 45.5 Å². The summed E-state index contributed by atoms with van der Waals surface area (Å²) in [5.74, 6) is 0. The van der Waals surface area contributed by atoms with Gasteiger partial charge in [-0.05, 0) is 26.4 Å². The van der Waals surface area contributed by atoms with E-state index in [0.717, 1.165) is 35.9 Å². The van der Waals surface area contributed by atoms with Gasteiger partial charge in [0, 0.05) is 42.2 Å². The number of nitrogens with zero attached hydrogens (tertiary/aromatic N) is 3. The lowest BCUT2D eigenvalue weighted by molar-refractivity contribution is -0.384. The van der Waals surface area contributed by atoms with Crippen molar-refractivity contribution < 1.29 is 4.92 Å². The van der Waals surface area contributed by atoms with Crippen LogP contribution in [0.25, 0.3) is 10.6 Å². The first-order valence-corrected chi connectivity index (χ1v) is 8.62. The number of nitro benzene ring substituents is 1. The molecule has 1 aliphatic heterocycles. The maximum absolute atomic E-state index is 10.9. The third-order valence-corrected chi connectivity index (χ3v) is 5.10. The molecule has 1 saturated heterocycles. The minimum absolute atomic E-state index is 0. The number of aromatic nitrogens is 1. The molecule has 0 spiro atoms. The van der Waals surface area contributed by atoms with Gasteiger partial charge in [0.05, 0.1) is 10.6 Å². The highest BCUT2D eigenvalue weighted by Crippen LogP contribution is 2.27. The summed E-state index contributed by atoms with van der Waals surface area (Å²) in [4.78, 5) is 17.6. The fraction of sp³-hybridized carbons (Fsp3) is 0.438. The van der Waals surface area contributed by atoms with Crippen LogP contribution in [0.15, 0.2) is 29.6 Å². The molecule has 1 unspecified atom stereocenters. The number of benzene rings is 1. The predicted molar refractivity (Wildman–Crippen MR) is 98.8 cm³/mol. The minimum Gasteiger partial charge on any atom is -0.316 e. The Bertz CT molecular complexity index is 694. The summed E-state index contributed by atoms with van der Waals surface area (Å²) in [6.07, 6.45) is 2.43. The topological polar surface area (TPSA) is 71.3 Å². The van der Waals surface area contributed by atoms with E-state index in [4.69, 9.17) is 0 Å². The number of rotatable bonds is 5. The molecule has 8 heteroatoms. The summed E-state index contributed by atoms with van der Waals surface area (Å²) in [6.45, 7) is 2.98. The van der Waals surface area contributed by atoms with E-state index in [0.29, 0.717) is 6.04 Å².